The number of carbonyl (C=O) groups is 1. The van der Waals surface area contributed by atoms with Crippen molar-refractivity contribution in [2.75, 3.05) is 11.1 Å². The number of aliphatic hydroxyl groups excluding tert-OH is 1. The largest absolute Gasteiger partial charge is 0.508 e. The second-order valence-electron chi connectivity index (χ2n) is 4.78. The van der Waals surface area contributed by atoms with E-state index in [2.05, 4.69) is 5.32 Å². The minimum absolute atomic E-state index is 0.0696. The number of aromatic hydroxyl groups is 1. The van der Waals surface area contributed by atoms with Crippen LogP contribution in [-0.2, 0) is 11.4 Å². The number of benzene rings is 2. The third-order valence-electron chi connectivity index (χ3n) is 3.13. The number of allylic oxidation sites excluding steroid dienone is 1. The fraction of sp³-hybridized carbons (Fsp3) is 0.0588. The van der Waals surface area contributed by atoms with Crippen LogP contribution < -0.4 is 11.1 Å². The molecule has 0 radical (unpaired) electrons. The maximum absolute atomic E-state index is 12.0. The summed E-state index contributed by atoms with van der Waals surface area (Å²) in [6.45, 7) is -0.365. The number of amides is 1. The lowest BCUT2D eigenvalue weighted by atomic mass is 10.0. The minimum Gasteiger partial charge on any atom is -0.508 e. The average Bonchev–Trinajstić information content (AvgIpc) is 2.55. The first-order valence-electron chi connectivity index (χ1n) is 6.75. The van der Waals surface area contributed by atoms with Gasteiger partial charge in [0, 0.05) is 23.0 Å². The molecule has 0 bridgehead atoms. The molecule has 23 heavy (non-hydrogen) atoms. The van der Waals surface area contributed by atoms with Gasteiger partial charge in [0.1, 0.15) is 5.75 Å². The number of nitrogens with zero attached hydrogens (tertiary/aromatic N) is 1. The molecular formula is C17H15N3O3. The van der Waals surface area contributed by atoms with E-state index in [0.29, 0.717) is 16.9 Å². The summed E-state index contributed by atoms with van der Waals surface area (Å²) < 4.78 is 0. The molecule has 0 spiro atoms. The summed E-state index contributed by atoms with van der Waals surface area (Å²) in [6, 6.07) is 12.9. The van der Waals surface area contributed by atoms with Gasteiger partial charge in [-0.2, -0.15) is 5.26 Å². The highest BCUT2D eigenvalue weighted by Crippen LogP contribution is 2.23. The molecule has 0 aliphatic heterocycles. The lowest BCUT2D eigenvalue weighted by Crippen LogP contribution is -2.08. The van der Waals surface area contributed by atoms with E-state index >= 15 is 0 Å². The molecule has 116 valence electrons. The lowest BCUT2D eigenvalue weighted by molar-refractivity contribution is -0.111. The van der Waals surface area contributed by atoms with Gasteiger partial charge in [-0.1, -0.05) is 0 Å². The summed E-state index contributed by atoms with van der Waals surface area (Å²) in [5.41, 5.74) is 7.53. The molecule has 0 saturated carbocycles. The maximum atomic E-state index is 12.0. The predicted molar refractivity (Wildman–Crippen MR) is 87.1 cm³/mol. The molecule has 2 rings (SSSR count). The minimum atomic E-state index is -0.468. The van der Waals surface area contributed by atoms with Crippen LogP contribution in [-0.4, -0.2) is 16.1 Å². The van der Waals surface area contributed by atoms with E-state index in [9.17, 15) is 15.2 Å². The van der Waals surface area contributed by atoms with Crippen LogP contribution in [0.15, 0.2) is 48.5 Å². The molecule has 2 aromatic carbocycles. The lowest BCUT2D eigenvalue weighted by Gasteiger charge is -2.06. The number of hydrogen-bond acceptors (Lipinski definition) is 5. The number of rotatable bonds is 4. The van der Waals surface area contributed by atoms with Gasteiger partial charge >= 0.3 is 0 Å². The molecular weight excluding hydrogens is 294 g/mol. The van der Waals surface area contributed by atoms with E-state index in [1.165, 1.54) is 18.2 Å². The Morgan fingerprint density at radius 1 is 1.26 bits per heavy atom. The second kappa shape index (κ2) is 7.11. The molecule has 0 fully saturated rings. The molecule has 0 aromatic heterocycles. The van der Waals surface area contributed by atoms with Crippen LogP contribution in [0.2, 0.25) is 0 Å². The first kappa shape index (κ1) is 16.1. The summed E-state index contributed by atoms with van der Waals surface area (Å²) in [6.07, 6.45) is 1.16. The first-order chi connectivity index (χ1) is 11.0. The van der Waals surface area contributed by atoms with Gasteiger partial charge < -0.3 is 21.3 Å². The molecule has 6 nitrogen and oxygen atoms in total. The molecule has 0 saturated heterocycles. The third kappa shape index (κ3) is 4.09. The highest BCUT2D eigenvalue weighted by atomic mass is 16.3. The van der Waals surface area contributed by atoms with Crippen molar-refractivity contribution in [1.29, 1.82) is 5.26 Å². The number of aliphatic hydroxyl groups is 1. The smallest absolute Gasteiger partial charge is 0.249 e. The molecule has 0 heterocycles. The van der Waals surface area contributed by atoms with E-state index in [1.54, 1.807) is 24.3 Å². The van der Waals surface area contributed by atoms with Crippen LogP contribution in [0.25, 0.3) is 5.57 Å². The number of nitriles is 1. The summed E-state index contributed by atoms with van der Waals surface area (Å²) in [5, 5.41) is 30.5. The van der Waals surface area contributed by atoms with Gasteiger partial charge in [-0.3, -0.25) is 4.79 Å². The molecule has 2 aromatic rings. The average molecular weight is 309 g/mol. The highest BCUT2D eigenvalue weighted by molar-refractivity contribution is 6.06. The van der Waals surface area contributed by atoms with Crippen LogP contribution >= 0.6 is 0 Å². The van der Waals surface area contributed by atoms with Crippen molar-refractivity contribution in [2.45, 2.75) is 6.61 Å². The van der Waals surface area contributed by atoms with Crippen LogP contribution in [0.5, 0.6) is 5.75 Å². The molecule has 1 amide bonds. The molecule has 0 unspecified atom stereocenters. The number of hydrogen-bond donors (Lipinski definition) is 4. The Balaban J connectivity index is 2.22. The highest BCUT2D eigenvalue weighted by Gasteiger charge is 2.08. The van der Waals surface area contributed by atoms with Crippen LogP contribution in [0.4, 0.5) is 11.4 Å². The van der Waals surface area contributed by atoms with Crippen molar-refractivity contribution < 1.29 is 15.0 Å². The van der Waals surface area contributed by atoms with E-state index < -0.39 is 5.91 Å². The van der Waals surface area contributed by atoms with Crippen molar-refractivity contribution >= 4 is 22.9 Å². The van der Waals surface area contributed by atoms with Crippen molar-refractivity contribution in [2.24, 2.45) is 0 Å². The number of nitrogens with one attached hydrogen (secondary N) is 1. The molecule has 0 aliphatic carbocycles. The Morgan fingerprint density at radius 3 is 2.57 bits per heavy atom. The topological polar surface area (TPSA) is 119 Å². The Hall–Kier alpha value is -3.30. The van der Waals surface area contributed by atoms with Gasteiger partial charge in [0.2, 0.25) is 5.91 Å². The van der Waals surface area contributed by atoms with Gasteiger partial charge in [0.05, 0.1) is 18.2 Å². The Bertz CT molecular complexity index is 790. The summed E-state index contributed by atoms with van der Waals surface area (Å²) in [7, 11) is 0. The van der Waals surface area contributed by atoms with E-state index in [1.807, 2.05) is 6.07 Å². The maximum Gasteiger partial charge on any atom is 0.249 e. The van der Waals surface area contributed by atoms with Gasteiger partial charge in [0.15, 0.2) is 0 Å². The Labute approximate surface area is 133 Å². The summed E-state index contributed by atoms with van der Waals surface area (Å²) in [5.74, 6) is -0.537. The molecule has 6 heteroatoms. The van der Waals surface area contributed by atoms with Crippen LogP contribution in [0.3, 0.4) is 0 Å². The number of nitrogen functional groups attached to an aromatic ring is 1. The van der Waals surface area contributed by atoms with Gasteiger partial charge in [-0.15, -0.1) is 0 Å². The fourth-order valence-corrected chi connectivity index (χ4v) is 1.94. The van der Waals surface area contributed by atoms with Crippen LogP contribution in [0.1, 0.15) is 11.1 Å². The molecule has 5 N–H and O–H groups in total. The van der Waals surface area contributed by atoms with Crippen molar-refractivity contribution in [1.82, 2.24) is 0 Å². The summed E-state index contributed by atoms with van der Waals surface area (Å²) in [4.78, 5) is 12.0. The zero-order valence-corrected chi connectivity index (χ0v) is 12.2. The van der Waals surface area contributed by atoms with Gasteiger partial charge in [-0.25, -0.2) is 0 Å². The summed E-state index contributed by atoms with van der Waals surface area (Å²) >= 11 is 0. The number of anilines is 2. The fourth-order valence-electron chi connectivity index (χ4n) is 1.94. The zero-order valence-electron chi connectivity index (χ0n) is 12.2. The van der Waals surface area contributed by atoms with Gasteiger partial charge in [0.25, 0.3) is 0 Å². The van der Waals surface area contributed by atoms with Crippen molar-refractivity contribution in [3.05, 3.63) is 59.7 Å². The van der Waals surface area contributed by atoms with Crippen LogP contribution in [0, 0.1) is 11.3 Å². The van der Waals surface area contributed by atoms with Crippen molar-refractivity contribution in [3.63, 3.8) is 0 Å². The monoisotopic (exact) mass is 309 g/mol. The molecule has 0 atom stereocenters. The van der Waals surface area contributed by atoms with Gasteiger partial charge in [-0.05, 0) is 48.0 Å². The van der Waals surface area contributed by atoms with Crippen molar-refractivity contribution in [3.8, 4) is 11.8 Å². The van der Waals surface area contributed by atoms with E-state index in [-0.39, 0.29) is 23.5 Å². The van der Waals surface area contributed by atoms with E-state index in [4.69, 9.17) is 10.8 Å². The Kier molecular flexibility index (Phi) is 4.97. The zero-order chi connectivity index (χ0) is 16.8. The predicted octanol–water partition coefficient (Wildman–Crippen LogP) is 2.01. The van der Waals surface area contributed by atoms with E-state index in [0.717, 1.165) is 6.08 Å². The number of phenols is 1. The quantitative estimate of drug-likeness (QED) is 0.391. The Morgan fingerprint density at radius 2 is 1.96 bits per heavy atom. The molecule has 0 aliphatic rings. The second-order valence-corrected chi connectivity index (χ2v) is 4.78. The normalized spacial score (nSPS) is 10.9. The number of carbonyl (C=O) groups excluding carboxylic acids is 1. The standard InChI is InChI=1S/C17H15N3O3/c18-9-12(11-1-6-16(22)13(7-11)10-21)8-17(23)20-15-4-2-14(19)3-5-15/h1-8,21-22H,10,19H2,(H,20,23)/b12-8-. The SMILES string of the molecule is N#C/C(=C/C(=O)Nc1ccc(N)cc1)c1ccc(O)c(CO)c1. The number of nitrogens with two attached hydrogens (primary N) is 1. The third-order valence-corrected chi connectivity index (χ3v) is 3.13. The first-order valence-corrected chi connectivity index (χ1v) is 6.75.